The molecule has 0 aliphatic heterocycles. The zero-order valence-corrected chi connectivity index (χ0v) is 11.1. The van der Waals surface area contributed by atoms with E-state index < -0.39 is 10.0 Å². The van der Waals surface area contributed by atoms with Gasteiger partial charge in [0.1, 0.15) is 4.90 Å². The summed E-state index contributed by atoms with van der Waals surface area (Å²) in [6.07, 6.45) is 1.37. The smallest absolute Gasteiger partial charge is 0.240 e. The standard InChI is InChI=1S/C11H18N2O3S/c1-4-8-6-7-10(13-16-3)11(9(8)5-2)17(12,14)15/h6-7,13H,4-5H2,1-3H3,(H2,12,14,15). The SMILES string of the molecule is CCc1ccc(NOC)c(S(N)(=O)=O)c1CC. The van der Waals surface area contributed by atoms with Crippen molar-refractivity contribution in [1.82, 2.24) is 0 Å². The fourth-order valence-electron chi connectivity index (χ4n) is 1.90. The second-order valence-corrected chi connectivity index (χ2v) is 5.14. The number of nitrogens with two attached hydrogens (primary N) is 1. The van der Waals surface area contributed by atoms with E-state index in [0.29, 0.717) is 12.1 Å². The third-order valence-corrected chi connectivity index (χ3v) is 3.62. The quantitative estimate of drug-likeness (QED) is 0.783. The predicted octanol–water partition coefficient (Wildman–Crippen LogP) is 1.43. The van der Waals surface area contributed by atoms with Gasteiger partial charge in [0.25, 0.3) is 0 Å². The van der Waals surface area contributed by atoms with Crippen LogP contribution in [0, 0.1) is 0 Å². The minimum atomic E-state index is -3.77. The summed E-state index contributed by atoms with van der Waals surface area (Å²) in [6.45, 7) is 3.88. The van der Waals surface area contributed by atoms with Crippen molar-refractivity contribution in [2.75, 3.05) is 12.6 Å². The summed E-state index contributed by atoms with van der Waals surface area (Å²) >= 11 is 0. The van der Waals surface area contributed by atoms with E-state index in [1.807, 2.05) is 19.9 Å². The largest absolute Gasteiger partial charge is 0.279 e. The van der Waals surface area contributed by atoms with Crippen LogP contribution in [0.2, 0.25) is 0 Å². The number of anilines is 1. The van der Waals surface area contributed by atoms with E-state index in [2.05, 4.69) is 5.48 Å². The Balaban J connectivity index is 3.56. The summed E-state index contributed by atoms with van der Waals surface area (Å²) in [5, 5.41) is 5.26. The van der Waals surface area contributed by atoms with Crippen LogP contribution in [-0.2, 0) is 27.7 Å². The Bertz CT molecular complexity index is 498. The van der Waals surface area contributed by atoms with Gasteiger partial charge in [-0.05, 0) is 30.0 Å². The lowest BCUT2D eigenvalue weighted by Crippen LogP contribution is -2.18. The third kappa shape index (κ3) is 2.96. The highest BCUT2D eigenvalue weighted by atomic mass is 32.2. The Labute approximate surface area is 102 Å². The van der Waals surface area contributed by atoms with Crippen LogP contribution in [0.25, 0.3) is 0 Å². The number of sulfonamides is 1. The van der Waals surface area contributed by atoms with Crippen LogP contribution in [-0.4, -0.2) is 15.5 Å². The van der Waals surface area contributed by atoms with Gasteiger partial charge in [0.15, 0.2) is 0 Å². The maximum atomic E-state index is 11.7. The van der Waals surface area contributed by atoms with E-state index in [9.17, 15) is 8.42 Å². The van der Waals surface area contributed by atoms with Gasteiger partial charge in [-0.3, -0.25) is 10.3 Å². The molecule has 0 unspecified atom stereocenters. The van der Waals surface area contributed by atoms with Crippen molar-refractivity contribution in [2.45, 2.75) is 31.6 Å². The molecule has 6 heteroatoms. The van der Waals surface area contributed by atoms with Gasteiger partial charge < -0.3 is 0 Å². The molecule has 0 atom stereocenters. The molecule has 96 valence electrons. The molecule has 0 saturated heterocycles. The number of hydrogen-bond acceptors (Lipinski definition) is 4. The lowest BCUT2D eigenvalue weighted by molar-refractivity contribution is 0.269. The highest BCUT2D eigenvalue weighted by Crippen LogP contribution is 2.28. The van der Waals surface area contributed by atoms with Gasteiger partial charge in [-0.15, -0.1) is 0 Å². The van der Waals surface area contributed by atoms with Gasteiger partial charge in [-0.25, -0.2) is 13.6 Å². The van der Waals surface area contributed by atoms with E-state index in [1.54, 1.807) is 6.07 Å². The summed E-state index contributed by atoms with van der Waals surface area (Å²) in [7, 11) is -2.35. The fourth-order valence-corrected chi connectivity index (χ4v) is 2.94. The van der Waals surface area contributed by atoms with Crippen molar-refractivity contribution in [2.24, 2.45) is 5.14 Å². The van der Waals surface area contributed by atoms with Gasteiger partial charge in [-0.1, -0.05) is 19.9 Å². The van der Waals surface area contributed by atoms with Crippen LogP contribution >= 0.6 is 0 Å². The lowest BCUT2D eigenvalue weighted by Gasteiger charge is -2.15. The first-order chi connectivity index (χ1) is 7.95. The van der Waals surface area contributed by atoms with E-state index in [0.717, 1.165) is 17.5 Å². The molecule has 1 aromatic carbocycles. The van der Waals surface area contributed by atoms with Crippen LogP contribution in [0.5, 0.6) is 0 Å². The van der Waals surface area contributed by atoms with Crippen molar-refractivity contribution in [3.8, 4) is 0 Å². The maximum absolute atomic E-state index is 11.7. The summed E-state index contributed by atoms with van der Waals surface area (Å²) in [5.41, 5.74) is 4.66. The Hall–Kier alpha value is -1.11. The molecule has 1 rings (SSSR count). The Morgan fingerprint density at radius 1 is 1.29 bits per heavy atom. The maximum Gasteiger partial charge on any atom is 0.240 e. The number of nitrogens with one attached hydrogen (secondary N) is 1. The number of hydrogen-bond donors (Lipinski definition) is 2. The van der Waals surface area contributed by atoms with Crippen molar-refractivity contribution < 1.29 is 13.3 Å². The van der Waals surface area contributed by atoms with Crippen molar-refractivity contribution in [3.05, 3.63) is 23.3 Å². The van der Waals surface area contributed by atoms with E-state index in [1.165, 1.54) is 7.11 Å². The Morgan fingerprint density at radius 2 is 1.94 bits per heavy atom. The van der Waals surface area contributed by atoms with Crippen molar-refractivity contribution >= 4 is 15.7 Å². The van der Waals surface area contributed by atoms with Crippen LogP contribution in [0.3, 0.4) is 0 Å². The van der Waals surface area contributed by atoms with Crippen molar-refractivity contribution in [1.29, 1.82) is 0 Å². The monoisotopic (exact) mass is 258 g/mol. The first kappa shape index (κ1) is 14.0. The van der Waals surface area contributed by atoms with Gasteiger partial charge in [0.05, 0.1) is 12.8 Å². The molecular weight excluding hydrogens is 240 g/mol. The normalized spacial score (nSPS) is 11.5. The molecule has 0 amide bonds. The molecule has 5 nitrogen and oxygen atoms in total. The predicted molar refractivity (Wildman–Crippen MR) is 67.2 cm³/mol. The zero-order valence-electron chi connectivity index (χ0n) is 10.3. The second-order valence-electron chi connectivity index (χ2n) is 3.64. The number of aryl methyl sites for hydroxylation is 1. The molecule has 0 radical (unpaired) electrons. The molecule has 0 aliphatic rings. The minimum absolute atomic E-state index is 0.126. The molecular formula is C11H18N2O3S. The summed E-state index contributed by atoms with van der Waals surface area (Å²) in [4.78, 5) is 4.89. The fraction of sp³-hybridized carbons (Fsp3) is 0.455. The lowest BCUT2D eigenvalue weighted by atomic mass is 10.0. The second kappa shape index (κ2) is 5.48. The summed E-state index contributed by atoms with van der Waals surface area (Å²) in [5.74, 6) is 0. The van der Waals surface area contributed by atoms with Crippen LogP contribution in [0.15, 0.2) is 17.0 Å². The number of rotatable bonds is 5. The van der Waals surface area contributed by atoms with Crippen LogP contribution in [0.4, 0.5) is 5.69 Å². The van der Waals surface area contributed by atoms with Gasteiger partial charge >= 0.3 is 0 Å². The molecule has 0 heterocycles. The Kier molecular flexibility index (Phi) is 4.50. The zero-order chi connectivity index (χ0) is 13.1. The molecule has 17 heavy (non-hydrogen) atoms. The first-order valence-electron chi connectivity index (χ1n) is 5.42. The number of primary sulfonamides is 1. The third-order valence-electron chi connectivity index (χ3n) is 2.59. The minimum Gasteiger partial charge on any atom is -0.279 e. The molecule has 1 aromatic rings. The first-order valence-corrected chi connectivity index (χ1v) is 6.96. The number of benzene rings is 1. The van der Waals surface area contributed by atoms with E-state index in [4.69, 9.17) is 9.98 Å². The average Bonchev–Trinajstić information content (AvgIpc) is 2.27. The molecule has 0 saturated carbocycles. The highest BCUT2D eigenvalue weighted by Gasteiger charge is 2.20. The van der Waals surface area contributed by atoms with Gasteiger partial charge in [0.2, 0.25) is 10.0 Å². The van der Waals surface area contributed by atoms with Crippen LogP contribution in [0.1, 0.15) is 25.0 Å². The van der Waals surface area contributed by atoms with E-state index in [-0.39, 0.29) is 4.90 Å². The summed E-state index contributed by atoms with van der Waals surface area (Å²) < 4.78 is 23.3. The summed E-state index contributed by atoms with van der Waals surface area (Å²) in [6, 6.07) is 3.55. The molecule has 0 fully saturated rings. The highest BCUT2D eigenvalue weighted by molar-refractivity contribution is 7.89. The molecule has 0 aromatic heterocycles. The van der Waals surface area contributed by atoms with E-state index >= 15 is 0 Å². The van der Waals surface area contributed by atoms with Crippen molar-refractivity contribution in [3.63, 3.8) is 0 Å². The average molecular weight is 258 g/mol. The topological polar surface area (TPSA) is 81.4 Å². The Morgan fingerprint density at radius 3 is 2.35 bits per heavy atom. The van der Waals surface area contributed by atoms with Crippen LogP contribution < -0.4 is 10.6 Å². The van der Waals surface area contributed by atoms with Gasteiger partial charge in [-0.2, -0.15) is 0 Å². The molecule has 0 bridgehead atoms. The van der Waals surface area contributed by atoms with Gasteiger partial charge in [0, 0.05) is 0 Å². The molecule has 0 aliphatic carbocycles. The molecule has 3 N–H and O–H groups in total. The molecule has 0 spiro atoms.